The molecule has 1 nitrogen and oxygen atoms in total. The molecule has 0 saturated carbocycles. The first-order valence-electron chi connectivity index (χ1n) is 5.33. The van der Waals surface area contributed by atoms with Crippen molar-refractivity contribution in [3.63, 3.8) is 0 Å². The third-order valence-electron chi connectivity index (χ3n) is 2.80. The van der Waals surface area contributed by atoms with Crippen LogP contribution in [0.2, 0.25) is 0 Å². The molecule has 80 valence electrons. The Balaban J connectivity index is 2.72. The highest BCUT2D eigenvalue weighted by molar-refractivity contribution is 7.10. The number of rotatable bonds is 5. The van der Waals surface area contributed by atoms with Crippen LogP contribution in [0.3, 0.4) is 0 Å². The van der Waals surface area contributed by atoms with Crippen molar-refractivity contribution in [1.29, 1.82) is 0 Å². The Labute approximate surface area is 91.8 Å². The molecule has 0 aliphatic heterocycles. The van der Waals surface area contributed by atoms with E-state index in [0.29, 0.717) is 5.92 Å². The van der Waals surface area contributed by atoms with E-state index >= 15 is 0 Å². The van der Waals surface area contributed by atoms with Crippen LogP contribution in [0.25, 0.3) is 0 Å². The molecule has 0 fully saturated rings. The van der Waals surface area contributed by atoms with Gasteiger partial charge in [-0.15, -0.1) is 11.3 Å². The number of hydrogen-bond donors (Lipinski definition) is 0. The lowest BCUT2D eigenvalue weighted by atomic mass is 9.90. The highest BCUT2D eigenvalue weighted by atomic mass is 32.1. The zero-order valence-corrected chi connectivity index (χ0v) is 10.5. The maximum absolute atomic E-state index is 2.36. The molecular formula is C12H21NS. The number of thiophene rings is 1. The Morgan fingerprint density at radius 3 is 2.57 bits per heavy atom. The summed E-state index contributed by atoms with van der Waals surface area (Å²) in [5.41, 5.74) is 0. The molecule has 2 unspecified atom stereocenters. The van der Waals surface area contributed by atoms with Crippen molar-refractivity contribution in [1.82, 2.24) is 4.90 Å². The van der Waals surface area contributed by atoms with E-state index in [4.69, 9.17) is 0 Å². The summed E-state index contributed by atoms with van der Waals surface area (Å²) in [7, 11) is 4.31. The normalized spacial score (nSPS) is 15.8. The van der Waals surface area contributed by atoms with Gasteiger partial charge in [0, 0.05) is 17.3 Å². The van der Waals surface area contributed by atoms with Crippen molar-refractivity contribution in [3.05, 3.63) is 22.4 Å². The lowest BCUT2D eigenvalue weighted by Crippen LogP contribution is -2.24. The maximum atomic E-state index is 2.36. The fourth-order valence-corrected chi connectivity index (χ4v) is 2.68. The standard InChI is InChI=1S/C12H21NS/c1-5-10(2)11(9-13(3)4)12-7-6-8-14-12/h6-8,10-11H,5,9H2,1-4H3. The third-order valence-corrected chi connectivity index (χ3v) is 3.81. The summed E-state index contributed by atoms with van der Waals surface area (Å²) < 4.78 is 0. The molecule has 1 heterocycles. The first-order valence-corrected chi connectivity index (χ1v) is 6.21. The van der Waals surface area contributed by atoms with E-state index in [-0.39, 0.29) is 0 Å². The molecule has 0 amide bonds. The van der Waals surface area contributed by atoms with E-state index < -0.39 is 0 Å². The van der Waals surface area contributed by atoms with Crippen molar-refractivity contribution < 1.29 is 0 Å². The van der Waals surface area contributed by atoms with Gasteiger partial charge in [-0.25, -0.2) is 0 Å². The molecule has 0 aliphatic rings. The molecule has 1 aromatic rings. The van der Waals surface area contributed by atoms with Crippen LogP contribution in [0.15, 0.2) is 17.5 Å². The summed E-state index contributed by atoms with van der Waals surface area (Å²) in [6, 6.07) is 4.43. The molecule has 2 atom stereocenters. The van der Waals surface area contributed by atoms with Crippen LogP contribution in [0.5, 0.6) is 0 Å². The minimum Gasteiger partial charge on any atom is -0.309 e. The largest absolute Gasteiger partial charge is 0.309 e. The quantitative estimate of drug-likeness (QED) is 0.721. The van der Waals surface area contributed by atoms with Crippen LogP contribution < -0.4 is 0 Å². The van der Waals surface area contributed by atoms with E-state index in [1.807, 2.05) is 11.3 Å². The molecule has 0 spiro atoms. The fourth-order valence-electron chi connectivity index (χ4n) is 1.73. The van der Waals surface area contributed by atoms with Crippen LogP contribution >= 0.6 is 11.3 Å². The second-order valence-electron chi connectivity index (χ2n) is 4.27. The molecular weight excluding hydrogens is 190 g/mol. The van der Waals surface area contributed by atoms with Gasteiger partial charge < -0.3 is 4.90 Å². The predicted octanol–water partition coefficient (Wildman–Crippen LogP) is 3.44. The van der Waals surface area contributed by atoms with Crippen molar-refractivity contribution >= 4 is 11.3 Å². The van der Waals surface area contributed by atoms with Gasteiger partial charge in [0.15, 0.2) is 0 Å². The van der Waals surface area contributed by atoms with E-state index in [1.165, 1.54) is 11.3 Å². The first kappa shape index (κ1) is 11.7. The molecule has 0 radical (unpaired) electrons. The second-order valence-corrected chi connectivity index (χ2v) is 5.25. The van der Waals surface area contributed by atoms with Crippen LogP contribution in [-0.4, -0.2) is 25.5 Å². The van der Waals surface area contributed by atoms with Gasteiger partial charge >= 0.3 is 0 Å². The van der Waals surface area contributed by atoms with Gasteiger partial charge in [0.25, 0.3) is 0 Å². The lowest BCUT2D eigenvalue weighted by Gasteiger charge is -2.25. The molecule has 0 aromatic carbocycles. The summed E-state index contributed by atoms with van der Waals surface area (Å²) in [6.45, 7) is 5.80. The molecule has 0 N–H and O–H groups in total. The van der Waals surface area contributed by atoms with E-state index in [2.05, 4.69) is 50.4 Å². The van der Waals surface area contributed by atoms with Gasteiger partial charge in [-0.1, -0.05) is 26.3 Å². The predicted molar refractivity (Wildman–Crippen MR) is 65.1 cm³/mol. The maximum Gasteiger partial charge on any atom is 0.00916 e. The van der Waals surface area contributed by atoms with Crippen LogP contribution in [0, 0.1) is 5.92 Å². The Kier molecular flexibility index (Phi) is 4.63. The molecule has 0 saturated heterocycles. The van der Waals surface area contributed by atoms with E-state index in [1.54, 1.807) is 0 Å². The fraction of sp³-hybridized carbons (Fsp3) is 0.667. The highest BCUT2D eigenvalue weighted by Crippen LogP contribution is 2.30. The van der Waals surface area contributed by atoms with Crippen molar-refractivity contribution in [3.8, 4) is 0 Å². The van der Waals surface area contributed by atoms with Crippen molar-refractivity contribution in [2.75, 3.05) is 20.6 Å². The molecule has 1 aromatic heterocycles. The minimum absolute atomic E-state index is 0.704. The Morgan fingerprint density at radius 1 is 1.43 bits per heavy atom. The van der Waals surface area contributed by atoms with Gasteiger partial charge in [-0.05, 0) is 31.5 Å². The average molecular weight is 211 g/mol. The van der Waals surface area contributed by atoms with E-state index in [9.17, 15) is 0 Å². The summed E-state index contributed by atoms with van der Waals surface area (Å²) in [5, 5.41) is 2.18. The van der Waals surface area contributed by atoms with Crippen molar-refractivity contribution in [2.24, 2.45) is 5.92 Å². The lowest BCUT2D eigenvalue weighted by molar-refractivity contribution is 0.318. The second kappa shape index (κ2) is 5.52. The van der Waals surface area contributed by atoms with Gasteiger partial charge in [0.1, 0.15) is 0 Å². The Hall–Kier alpha value is -0.340. The Morgan fingerprint density at radius 2 is 2.14 bits per heavy atom. The van der Waals surface area contributed by atoms with Gasteiger partial charge in [0.05, 0.1) is 0 Å². The smallest absolute Gasteiger partial charge is 0.00916 e. The molecule has 2 heteroatoms. The van der Waals surface area contributed by atoms with Crippen LogP contribution in [0.1, 0.15) is 31.1 Å². The highest BCUT2D eigenvalue weighted by Gasteiger charge is 2.19. The van der Waals surface area contributed by atoms with Crippen LogP contribution in [0.4, 0.5) is 0 Å². The average Bonchev–Trinajstić information content (AvgIpc) is 2.65. The third kappa shape index (κ3) is 3.10. The van der Waals surface area contributed by atoms with Gasteiger partial charge in [-0.3, -0.25) is 0 Å². The van der Waals surface area contributed by atoms with Gasteiger partial charge in [-0.2, -0.15) is 0 Å². The summed E-state index contributed by atoms with van der Waals surface area (Å²) in [5.74, 6) is 1.48. The number of hydrogen-bond acceptors (Lipinski definition) is 2. The number of nitrogens with zero attached hydrogens (tertiary/aromatic N) is 1. The summed E-state index contributed by atoms with van der Waals surface area (Å²) >= 11 is 1.89. The SMILES string of the molecule is CCC(C)C(CN(C)C)c1cccs1. The molecule has 0 aliphatic carbocycles. The first-order chi connectivity index (χ1) is 6.65. The zero-order chi connectivity index (χ0) is 10.6. The molecule has 1 rings (SSSR count). The van der Waals surface area contributed by atoms with Crippen LogP contribution in [-0.2, 0) is 0 Å². The van der Waals surface area contributed by atoms with Crippen molar-refractivity contribution in [2.45, 2.75) is 26.2 Å². The Bertz CT molecular complexity index is 241. The monoisotopic (exact) mass is 211 g/mol. The summed E-state index contributed by atoms with van der Waals surface area (Å²) in [6.07, 6.45) is 1.26. The summed E-state index contributed by atoms with van der Waals surface area (Å²) in [4.78, 5) is 3.82. The number of likely N-dealkylation sites (N-methyl/N-ethyl adjacent to an activating group) is 1. The molecule has 14 heavy (non-hydrogen) atoms. The van der Waals surface area contributed by atoms with Gasteiger partial charge in [0.2, 0.25) is 0 Å². The zero-order valence-electron chi connectivity index (χ0n) is 9.66. The molecule has 0 bridgehead atoms. The minimum atomic E-state index is 0.704. The topological polar surface area (TPSA) is 3.24 Å². The van der Waals surface area contributed by atoms with E-state index in [0.717, 1.165) is 12.5 Å².